The number of nitrogens with zero attached hydrogens (tertiary/aromatic N) is 5. The lowest BCUT2D eigenvalue weighted by atomic mass is 10.0. The molecule has 8 nitrogen and oxygen atoms in total. The number of fused-ring (bicyclic) bond motifs is 1. The second-order valence-electron chi connectivity index (χ2n) is 10.4. The number of halogens is 3. The van der Waals surface area contributed by atoms with Gasteiger partial charge in [0.2, 0.25) is 0 Å². The molecule has 4 heterocycles. The van der Waals surface area contributed by atoms with Crippen LogP contribution in [0.25, 0.3) is 22.6 Å². The first-order valence-corrected chi connectivity index (χ1v) is 13.0. The summed E-state index contributed by atoms with van der Waals surface area (Å²) in [6, 6.07) is 6.23. The number of amides is 1. The maximum absolute atomic E-state index is 15.5. The molecule has 0 bridgehead atoms. The first-order chi connectivity index (χ1) is 18.0. The van der Waals surface area contributed by atoms with E-state index in [-0.39, 0.29) is 29.9 Å². The number of benzene rings is 1. The number of ether oxygens (including phenoxy) is 2. The molecule has 1 amide bonds. The SMILES string of the molecule is Cc1ccn2c(C[C@H]3CN(C(=O)OC(C)(C)C)CCO3)c(-c3c(F)cc(-n4cc(Br)cn4)cc3F)nc2c1. The third kappa shape index (κ3) is 5.44. The molecule has 0 saturated carbocycles. The molecule has 4 aromatic rings. The molecule has 5 rings (SSSR count). The van der Waals surface area contributed by atoms with E-state index in [0.717, 1.165) is 5.56 Å². The van der Waals surface area contributed by atoms with E-state index in [2.05, 4.69) is 26.0 Å². The van der Waals surface area contributed by atoms with Crippen molar-refractivity contribution in [3.63, 3.8) is 0 Å². The molecule has 1 aromatic carbocycles. The minimum absolute atomic E-state index is 0.191. The highest BCUT2D eigenvalue weighted by molar-refractivity contribution is 9.10. The van der Waals surface area contributed by atoms with Crippen LogP contribution >= 0.6 is 15.9 Å². The third-order valence-electron chi connectivity index (χ3n) is 6.17. The van der Waals surface area contributed by atoms with E-state index < -0.39 is 29.4 Å². The number of aryl methyl sites for hydroxylation is 1. The largest absolute Gasteiger partial charge is 0.444 e. The minimum atomic E-state index is -0.757. The summed E-state index contributed by atoms with van der Waals surface area (Å²) in [6.45, 7) is 8.38. The third-order valence-corrected chi connectivity index (χ3v) is 6.58. The zero-order chi connectivity index (χ0) is 27.2. The summed E-state index contributed by atoms with van der Waals surface area (Å²) in [7, 11) is 0. The van der Waals surface area contributed by atoms with Crippen LogP contribution in [0.3, 0.4) is 0 Å². The standard InChI is InChI=1S/C27H28BrF2N5O3/c1-16-5-6-34-22(12-19-15-33(7-8-37-19)26(36)38-27(2,3)4)25(32-23(34)9-16)24-20(29)10-18(11-21(24)30)35-14-17(28)13-31-35/h5-6,9-11,13-14,19H,7-8,12,15H2,1-4H3/t19-/m0/s1. The molecule has 1 aliphatic heterocycles. The average molecular weight is 588 g/mol. The average Bonchev–Trinajstić information content (AvgIpc) is 3.41. The summed E-state index contributed by atoms with van der Waals surface area (Å²) < 4.78 is 46.5. The molecule has 3 aromatic heterocycles. The number of morpholine rings is 1. The Kier molecular flexibility index (Phi) is 6.99. The Labute approximate surface area is 227 Å². The van der Waals surface area contributed by atoms with Gasteiger partial charge in [-0.05, 0) is 61.3 Å². The lowest BCUT2D eigenvalue weighted by Gasteiger charge is -2.34. The Morgan fingerprint density at radius 2 is 1.97 bits per heavy atom. The number of hydrogen-bond donors (Lipinski definition) is 0. The topological polar surface area (TPSA) is 73.9 Å². The Hall–Kier alpha value is -3.31. The summed E-state index contributed by atoms with van der Waals surface area (Å²) in [4.78, 5) is 18.9. The fourth-order valence-corrected chi connectivity index (χ4v) is 4.79. The fourth-order valence-electron chi connectivity index (χ4n) is 4.50. The van der Waals surface area contributed by atoms with Crippen molar-refractivity contribution in [2.24, 2.45) is 0 Å². The van der Waals surface area contributed by atoms with Gasteiger partial charge in [-0.3, -0.25) is 0 Å². The van der Waals surface area contributed by atoms with E-state index in [9.17, 15) is 4.79 Å². The van der Waals surface area contributed by atoms with Crippen molar-refractivity contribution in [2.45, 2.75) is 45.8 Å². The number of imidazole rings is 1. The van der Waals surface area contributed by atoms with Crippen LogP contribution in [0.15, 0.2) is 47.3 Å². The molecule has 0 aliphatic carbocycles. The Morgan fingerprint density at radius 3 is 2.63 bits per heavy atom. The number of carbonyl (C=O) groups excluding carboxylic acids is 1. The highest BCUT2D eigenvalue weighted by atomic mass is 79.9. The Morgan fingerprint density at radius 1 is 1.24 bits per heavy atom. The van der Waals surface area contributed by atoms with Gasteiger partial charge in [-0.1, -0.05) is 0 Å². The smallest absolute Gasteiger partial charge is 0.410 e. The molecule has 1 aliphatic rings. The van der Waals surface area contributed by atoms with Gasteiger partial charge in [0.05, 0.1) is 52.6 Å². The summed E-state index contributed by atoms with van der Waals surface area (Å²) >= 11 is 3.30. The van der Waals surface area contributed by atoms with E-state index in [4.69, 9.17) is 9.47 Å². The molecule has 200 valence electrons. The molecular weight excluding hydrogens is 560 g/mol. The first-order valence-electron chi connectivity index (χ1n) is 12.3. The van der Waals surface area contributed by atoms with Crippen LogP contribution in [0.1, 0.15) is 32.0 Å². The van der Waals surface area contributed by atoms with Crippen LogP contribution in [0, 0.1) is 18.6 Å². The Balaban J connectivity index is 1.52. The molecule has 0 spiro atoms. The molecule has 11 heteroatoms. The van der Waals surface area contributed by atoms with E-state index in [1.807, 2.05) is 50.4 Å². The van der Waals surface area contributed by atoms with Crippen molar-refractivity contribution in [2.75, 3.05) is 19.7 Å². The maximum atomic E-state index is 15.5. The van der Waals surface area contributed by atoms with Gasteiger partial charge in [-0.15, -0.1) is 0 Å². The van der Waals surface area contributed by atoms with Gasteiger partial charge in [0.1, 0.15) is 22.9 Å². The van der Waals surface area contributed by atoms with Gasteiger partial charge in [-0.25, -0.2) is 23.2 Å². The number of rotatable bonds is 4. The number of aromatic nitrogens is 4. The van der Waals surface area contributed by atoms with Crippen LogP contribution in [0.5, 0.6) is 0 Å². The summed E-state index contributed by atoms with van der Waals surface area (Å²) in [6.07, 6.45) is 4.43. The van der Waals surface area contributed by atoms with Crippen LogP contribution in [-0.2, 0) is 15.9 Å². The number of pyridine rings is 1. The predicted molar refractivity (Wildman–Crippen MR) is 141 cm³/mol. The van der Waals surface area contributed by atoms with Gasteiger partial charge in [0.25, 0.3) is 0 Å². The highest BCUT2D eigenvalue weighted by Crippen LogP contribution is 2.33. The summed E-state index contributed by atoms with van der Waals surface area (Å²) in [5, 5.41) is 4.11. The molecule has 38 heavy (non-hydrogen) atoms. The summed E-state index contributed by atoms with van der Waals surface area (Å²) in [5.74, 6) is -1.51. The molecule has 1 saturated heterocycles. The normalized spacial score (nSPS) is 16.3. The van der Waals surface area contributed by atoms with Crippen molar-refractivity contribution < 1.29 is 23.0 Å². The van der Waals surface area contributed by atoms with Crippen molar-refractivity contribution in [3.05, 3.63) is 70.2 Å². The summed E-state index contributed by atoms with van der Waals surface area (Å²) in [5.41, 5.74) is 1.71. The lowest BCUT2D eigenvalue weighted by molar-refractivity contribution is -0.0418. The van der Waals surface area contributed by atoms with E-state index in [1.54, 1.807) is 11.1 Å². The van der Waals surface area contributed by atoms with E-state index in [0.29, 0.717) is 29.0 Å². The zero-order valence-corrected chi connectivity index (χ0v) is 23.1. The highest BCUT2D eigenvalue weighted by Gasteiger charge is 2.31. The van der Waals surface area contributed by atoms with Crippen molar-refractivity contribution in [1.29, 1.82) is 0 Å². The molecule has 1 fully saturated rings. The number of carbonyl (C=O) groups is 1. The second kappa shape index (κ2) is 10.1. The van der Waals surface area contributed by atoms with Gasteiger partial charge >= 0.3 is 6.09 Å². The maximum Gasteiger partial charge on any atom is 0.410 e. The fraction of sp³-hybridized carbons (Fsp3) is 0.370. The molecular formula is C27H28BrF2N5O3. The van der Waals surface area contributed by atoms with Crippen molar-refractivity contribution >= 4 is 27.7 Å². The van der Waals surface area contributed by atoms with Crippen molar-refractivity contribution in [3.8, 4) is 16.9 Å². The quantitative estimate of drug-likeness (QED) is 0.305. The van der Waals surface area contributed by atoms with Crippen LogP contribution in [-0.4, -0.2) is 61.6 Å². The molecule has 1 atom stereocenters. The molecule has 0 unspecified atom stereocenters. The van der Waals surface area contributed by atoms with Gasteiger partial charge in [0, 0.05) is 37.5 Å². The Bertz CT molecular complexity index is 1490. The van der Waals surface area contributed by atoms with Gasteiger partial charge in [0.15, 0.2) is 0 Å². The van der Waals surface area contributed by atoms with Crippen molar-refractivity contribution in [1.82, 2.24) is 24.1 Å². The van der Waals surface area contributed by atoms with E-state index >= 15 is 8.78 Å². The van der Waals surface area contributed by atoms with E-state index in [1.165, 1.54) is 23.0 Å². The minimum Gasteiger partial charge on any atom is -0.444 e. The van der Waals surface area contributed by atoms with Gasteiger partial charge < -0.3 is 18.8 Å². The second-order valence-corrected chi connectivity index (χ2v) is 11.3. The lowest BCUT2D eigenvalue weighted by Crippen LogP contribution is -2.48. The number of hydrogen-bond acceptors (Lipinski definition) is 5. The van der Waals surface area contributed by atoms with Gasteiger partial charge in [-0.2, -0.15) is 5.10 Å². The molecule has 0 N–H and O–H groups in total. The first kappa shape index (κ1) is 26.3. The van der Waals surface area contributed by atoms with Crippen LogP contribution in [0.4, 0.5) is 13.6 Å². The van der Waals surface area contributed by atoms with Crippen LogP contribution < -0.4 is 0 Å². The zero-order valence-electron chi connectivity index (χ0n) is 21.5. The molecule has 0 radical (unpaired) electrons. The monoisotopic (exact) mass is 587 g/mol. The van der Waals surface area contributed by atoms with Crippen LogP contribution in [0.2, 0.25) is 0 Å². The predicted octanol–water partition coefficient (Wildman–Crippen LogP) is 5.71.